The molecule has 0 aliphatic carbocycles. The molecule has 0 atom stereocenters. The molecule has 0 aromatic heterocycles. The van der Waals surface area contributed by atoms with Gasteiger partial charge in [-0.15, -0.1) is 0 Å². The number of ether oxygens (including phenoxy) is 1. The first-order valence-corrected chi connectivity index (χ1v) is 4.02. The monoisotopic (exact) mass is 203 g/mol. The number of hydrogen-bond acceptors (Lipinski definition) is 4. The minimum absolute atomic E-state index is 0.231. The molecule has 0 aliphatic rings. The average Bonchev–Trinajstić information content (AvgIpc) is 2.12. The van der Waals surface area contributed by atoms with E-state index in [0.717, 1.165) is 0 Å². The number of amides is 3. The molecule has 0 radical (unpaired) electrons. The van der Waals surface area contributed by atoms with E-state index in [1.165, 1.54) is 0 Å². The summed E-state index contributed by atoms with van der Waals surface area (Å²) in [5.74, 6) is -1.15. The van der Waals surface area contributed by atoms with E-state index in [2.05, 4.69) is 15.4 Å². The first kappa shape index (κ1) is 12.2. The molecule has 0 saturated carbocycles. The molecule has 0 fully saturated rings. The van der Waals surface area contributed by atoms with E-state index in [1.807, 2.05) is 0 Å². The predicted octanol–water partition coefficient (Wildman–Crippen LogP) is -1.67. The fourth-order valence-corrected chi connectivity index (χ4v) is 0.583. The normalized spacial score (nSPS) is 8.93. The molecule has 3 amide bonds. The minimum atomic E-state index is -0.679. The summed E-state index contributed by atoms with van der Waals surface area (Å²) in [6.45, 7) is 1.39. The van der Waals surface area contributed by atoms with Crippen molar-refractivity contribution >= 4 is 17.9 Å². The molecular formula is C7H13N3O4. The second-order valence-electron chi connectivity index (χ2n) is 2.32. The summed E-state index contributed by atoms with van der Waals surface area (Å²) in [5, 5.41) is 4.38. The third-order valence-corrected chi connectivity index (χ3v) is 1.13. The summed E-state index contributed by atoms with van der Waals surface area (Å²) in [6, 6.07) is 0. The Labute approximate surface area is 81.0 Å². The van der Waals surface area contributed by atoms with Crippen molar-refractivity contribution in [3.05, 3.63) is 0 Å². The highest BCUT2D eigenvalue weighted by Gasteiger charge is 2.05. The number of carbonyl (C=O) groups excluding carboxylic acids is 3. The largest absolute Gasteiger partial charge is 0.450 e. The molecule has 80 valence electrons. The molecule has 14 heavy (non-hydrogen) atoms. The minimum Gasteiger partial charge on any atom is -0.450 e. The van der Waals surface area contributed by atoms with Crippen LogP contribution in [0.1, 0.15) is 6.92 Å². The fraction of sp³-hybridized carbons (Fsp3) is 0.571. The third-order valence-electron chi connectivity index (χ3n) is 1.13. The third kappa shape index (κ3) is 6.89. The van der Waals surface area contributed by atoms with Gasteiger partial charge in [-0.25, -0.2) is 4.79 Å². The van der Waals surface area contributed by atoms with Crippen LogP contribution in [0, 0.1) is 0 Å². The second kappa shape index (κ2) is 6.70. The topological polar surface area (TPSA) is 111 Å². The molecule has 0 aromatic carbocycles. The maximum Gasteiger partial charge on any atom is 0.407 e. The van der Waals surface area contributed by atoms with Gasteiger partial charge in [-0.3, -0.25) is 9.59 Å². The first-order valence-electron chi connectivity index (χ1n) is 4.02. The molecule has 7 heteroatoms. The van der Waals surface area contributed by atoms with Crippen LogP contribution in [0.4, 0.5) is 4.79 Å². The molecule has 0 saturated heterocycles. The van der Waals surface area contributed by atoms with E-state index < -0.39 is 17.9 Å². The van der Waals surface area contributed by atoms with Crippen LogP contribution in [-0.2, 0) is 14.3 Å². The Kier molecular flexibility index (Phi) is 5.84. The van der Waals surface area contributed by atoms with Gasteiger partial charge >= 0.3 is 6.09 Å². The highest BCUT2D eigenvalue weighted by atomic mass is 16.5. The molecular weight excluding hydrogens is 190 g/mol. The number of carbonyl (C=O) groups is 3. The molecule has 0 spiro atoms. The zero-order valence-electron chi connectivity index (χ0n) is 7.83. The molecule has 0 aromatic rings. The van der Waals surface area contributed by atoms with Crippen LogP contribution >= 0.6 is 0 Å². The van der Waals surface area contributed by atoms with Crippen molar-refractivity contribution in [1.29, 1.82) is 0 Å². The van der Waals surface area contributed by atoms with E-state index in [4.69, 9.17) is 5.73 Å². The highest BCUT2D eigenvalue weighted by molar-refractivity contribution is 5.86. The maximum atomic E-state index is 10.9. The van der Waals surface area contributed by atoms with Crippen LogP contribution in [0.3, 0.4) is 0 Å². The maximum absolute atomic E-state index is 10.9. The molecule has 0 rings (SSSR count). The molecule has 4 N–H and O–H groups in total. The van der Waals surface area contributed by atoms with Crippen molar-refractivity contribution < 1.29 is 19.1 Å². The van der Waals surface area contributed by atoms with Gasteiger partial charge in [0.15, 0.2) is 0 Å². The number of nitrogens with two attached hydrogens (primary N) is 1. The predicted molar refractivity (Wildman–Crippen MR) is 47.2 cm³/mol. The van der Waals surface area contributed by atoms with Gasteiger partial charge in [-0.05, 0) is 6.92 Å². The summed E-state index contributed by atoms with van der Waals surface area (Å²) in [6.07, 6.45) is -0.679. The Hall–Kier alpha value is -1.79. The number of alkyl carbamates (subject to hydrolysis) is 1. The average molecular weight is 203 g/mol. The Morgan fingerprint density at radius 3 is 2.36 bits per heavy atom. The van der Waals surface area contributed by atoms with Gasteiger partial charge in [0.2, 0.25) is 11.8 Å². The van der Waals surface area contributed by atoms with Crippen molar-refractivity contribution in [3.63, 3.8) is 0 Å². The molecule has 0 aliphatic heterocycles. The van der Waals surface area contributed by atoms with Crippen LogP contribution in [0.2, 0.25) is 0 Å². The zero-order chi connectivity index (χ0) is 11.0. The fourth-order valence-electron chi connectivity index (χ4n) is 0.583. The summed E-state index contributed by atoms with van der Waals surface area (Å²) in [5.41, 5.74) is 4.78. The lowest BCUT2D eigenvalue weighted by atomic mass is 10.5. The standard InChI is InChI=1S/C7H13N3O4/c1-2-14-7(13)10-4-6(12)9-3-5(8)11/h2-4H2,1H3,(H2,8,11)(H,9,12)(H,10,13). The van der Waals surface area contributed by atoms with Crippen molar-refractivity contribution in [1.82, 2.24) is 10.6 Å². The summed E-state index contributed by atoms with van der Waals surface area (Å²) in [4.78, 5) is 31.8. The molecule has 0 heterocycles. The number of hydrogen-bond donors (Lipinski definition) is 3. The van der Waals surface area contributed by atoms with Crippen molar-refractivity contribution in [2.45, 2.75) is 6.92 Å². The smallest absolute Gasteiger partial charge is 0.407 e. The lowest BCUT2D eigenvalue weighted by Gasteiger charge is -2.04. The van der Waals surface area contributed by atoms with E-state index in [0.29, 0.717) is 0 Å². The van der Waals surface area contributed by atoms with E-state index in [-0.39, 0.29) is 19.7 Å². The van der Waals surface area contributed by atoms with Gasteiger partial charge < -0.3 is 21.1 Å². The number of rotatable bonds is 5. The summed E-state index contributed by atoms with van der Waals surface area (Å²) in [7, 11) is 0. The van der Waals surface area contributed by atoms with Crippen molar-refractivity contribution in [2.24, 2.45) is 5.73 Å². The number of nitrogens with one attached hydrogen (secondary N) is 2. The van der Waals surface area contributed by atoms with Crippen LogP contribution in [0.25, 0.3) is 0 Å². The van der Waals surface area contributed by atoms with Crippen molar-refractivity contribution in [3.8, 4) is 0 Å². The lowest BCUT2D eigenvalue weighted by molar-refractivity contribution is -0.124. The molecule has 7 nitrogen and oxygen atoms in total. The summed E-state index contributed by atoms with van der Waals surface area (Å²) >= 11 is 0. The van der Waals surface area contributed by atoms with Gasteiger partial charge in [0.25, 0.3) is 0 Å². The van der Waals surface area contributed by atoms with Gasteiger partial charge in [0.05, 0.1) is 13.2 Å². The summed E-state index contributed by atoms with van der Waals surface area (Å²) < 4.78 is 4.50. The Morgan fingerprint density at radius 1 is 1.21 bits per heavy atom. The number of primary amides is 1. The lowest BCUT2D eigenvalue weighted by Crippen LogP contribution is -2.40. The van der Waals surface area contributed by atoms with Gasteiger partial charge in [0, 0.05) is 0 Å². The van der Waals surface area contributed by atoms with E-state index in [9.17, 15) is 14.4 Å². The Bertz CT molecular complexity index is 229. The SMILES string of the molecule is CCOC(=O)NCC(=O)NCC(N)=O. The van der Waals surface area contributed by atoms with E-state index >= 15 is 0 Å². The quantitative estimate of drug-likeness (QED) is 0.496. The van der Waals surface area contributed by atoms with Crippen molar-refractivity contribution in [2.75, 3.05) is 19.7 Å². The van der Waals surface area contributed by atoms with Gasteiger partial charge in [0.1, 0.15) is 6.54 Å². The van der Waals surface area contributed by atoms with Crippen LogP contribution in [0.5, 0.6) is 0 Å². The van der Waals surface area contributed by atoms with Crippen LogP contribution in [-0.4, -0.2) is 37.6 Å². The highest BCUT2D eigenvalue weighted by Crippen LogP contribution is 1.75. The molecule has 0 unspecified atom stereocenters. The van der Waals surface area contributed by atoms with E-state index in [1.54, 1.807) is 6.92 Å². The van der Waals surface area contributed by atoms with Crippen LogP contribution < -0.4 is 16.4 Å². The van der Waals surface area contributed by atoms with Gasteiger partial charge in [-0.1, -0.05) is 0 Å². The first-order chi connectivity index (χ1) is 6.56. The van der Waals surface area contributed by atoms with Crippen LogP contribution in [0.15, 0.2) is 0 Å². The second-order valence-corrected chi connectivity index (χ2v) is 2.32. The Balaban J connectivity index is 3.53. The molecule has 0 bridgehead atoms. The zero-order valence-corrected chi connectivity index (χ0v) is 7.83. The van der Waals surface area contributed by atoms with Gasteiger partial charge in [-0.2, -0.15) is 0 Å². The Morgan fingerprint density at radius 2 is 1.86 bits per heavy atom.